The molecule has 4 aliphatic rings. The fourth-order valence-corrected chi connectivity index (χ4v) is 5.58. The van der Waals surface area contributed by atoms with E-state index in [9.17, 15) is 22.8 Å². The minimum absolute atomic E-state index is 0.145. The first-order valence-electron chi connectivity index (χ1n) is 15.1. The van der Waals surface area contributed by atoms with Crippen LogP contribution in [0.15, 0.2) is 36.4 Å². The Kier molecular flexibility index (Phi) is 14.5. The van der Waals surface area contributed by atoms with Crippen molar-refractivity contribution in [3.8, 4) is 0 Å². The van der Waals surface area contributed by atoms with E-state index in [4.69, 9.17) is 0 Å². The quantitative estimate of drug-likeness (QED) is 0.329. The summed E-state index contributed by atoms with van der Waals surface area (Å²) in [5.41, 5.74) is 0.377. The van der Waals surface area contributed by atoms with E-state index in [0.717, 1.165) is 51.7 Å². The molecule has 2 aliphatic heterocycles. The zero-order chi connectivity index (χ0) is 29.6. The van der Waals surface area contributed by atoms with Crippen LogP contribution in [0.2, 0.25) is 0 Å². The van der Waals surface area contributed by atoms with Gasteiger partial charge in [-0.2, -0.15) is 0 Å². The predicted octanol–water partition coefficient (Wildman–Crippen LogP) is 6.65. The van der Waals surface area contributed by atoms with Crippen molar-refractivity contribution >= 4 is 12.3 Å². The lowest BCUT2D eigenvalue weighted by Crippen LogP contribution is -2.50. The second-order valence-electron chi connectivity index (χ2n) is 11.1. The average Bonchev–Trinajstić information content (AvgIpc) is 3.31. The highest BCUT2D eigenvalue weighted by Crippen LogP contribution is 2.48. The van der Waals surface area contributed by atoms with Gasteiger partial charge in [-0.15, -0.1) is 13.2 Å². The highest BCUT2D eigenvalue weighted by Gasteiger charge is 2.50. The molecule has 0 radical (unpaired) electrons. The first-order chi connectivity index (χ1) is 19.1. The number of hydrogen-bond donors (Lipinski definition) is 0. The lowest BCUT2D eigenvalue weighted by Gasteiger charge is -2.43. The summed E-state index contributed by atoms with van der Waals surface area (Å²) in [4.78, 5) is 28.4. The van der Waals surface area contributed by atoms with Crippen LogP contribution >= 0.6 is 0 Å². The molecule has 2 saturated carbocycles. The first kappa shape index (κ1) is 34.1. The highest BCUT2D eigenvalue weighted by molar-refractivity contribution is 5.76. The van der Waals surface area contributed by atoms with E-state index >= 15 is 0 Å². The molecule has 0 aromatic heterocycles. The summed E-state index contributed by atoms with van der Waals surface area (Å²) >= 11 is 0. The lowest BCUT2D eigenvalue weighted by atomic mass is 9.87. The van der Waals surface area contributed by atoms with Crippen molar-refractivity contribution in [1.82, 2.24) is 14.7 Å². The van der Waals surface area contributed by atoms with Crippen LogP contribution in [0.1, 0.15) is 91.4 Å². The van der Waals surface area contributed by atoms with Gasteiger partial charge < -0.3 is 14.7 Å². The fourth-order valence-electron chi connectivity index (χ4n) is 5.58. The molecule has 1 aromatic carbocycles. The SMILES string of the molecule is CC.CC(CCCC(=O)N1CCCC1)N(C)C1CC(OC(F)(F)F)C1.O=CN1CCCC12CC2.c1ccccc1. The van der Waals surface area contributed by atoms with Gasteiger partial charge in [0.2, 0.25) is 12.3 Å². The fraction of sp³-hybridized carbons (Fsp3) is 0.742. The third-order valence-electron chi connectivity index (χ3n) is 8.38. The highest BCUT2D eigenvalue weighted by atomic mass is 19.4. The molecule has 228 valence electrons. The molecule has 0 N–H and O–H groups in total. The van der Waals surface area contributed by atoms with Crippen LogP contribution < -0.4 is 0 Å². The van der Waals surface area contributed by atoms with Gasteiger partial charge in [0.25, 0.3) is 0 Å². The van der Waals surface area contributed by atoms with E-state index in [1.165, 1.54) is 25.7 Å². The zero-order valence-electron chi connectivity index (χ0n) is 24.9. The van der Waals surface area contributed by atoms with E-state index in [-0.39, 0.29) is 18.0 Å². The molecular formula is C31H50F3N3O3. The second kappa shape index (κ2) is 17.0. The monoisotopic (exact) mass is 569 g/mol. The van der Waals surface area contributed by atoms with Crippen LogP contribution in [0.4, 0.5) is 13.2 Å². The van der Waals surface area contributed by atoms with Crippen molar-refractivity contribution < 1.29 is 27.5 Å². The Morgan fingerprint density at radius 1 is 1.00 bits per heavy atom. The van der Waals surface area contributed by atoms with Gasteiger partial charge >= 0.3 is 6.36 Å². The molecule has 40 heavy (non-hydrogen) atoms. The molecule has 2 saturated heterocycles. The van der Waals surface area contributed by atoms with Gasteiger partial charge in [-0.25, -0.2) is 0 Å². The number of amides is 2. The number of halogens is 3. The molecule has 1 spiro atoms. The third kappa shape index (κ3) is 11.4. The van der Waals surface area contributed by atoms with Crippen LogP contribution in [-0.4, -0.2) is 83.8 Å². The van der Waals surface area contributed by atoms with Crippen LogP contribution in [0.25, 0.3) is 0 Å². The van der Waals surface area contributed by atoms with Gasteiger partial charge in [-0.05, 0) is 78.2 Å². The number of carbonyl (C=O) groups is 2. The average molecular weight is 570 g/mol. The van der Waals surface area contributed by atoms with Gasteiger partial charge in [0.05, 0.1) is 6.10 Å². The standard InChI is InChI=1S/C16H27F3N2O2.C7H11NO.C6H6.C2H6/c1-12(6-5-7-15(22)21-8-3-4-9-21)20(2)13-10-14(11-13)23-16(17,18)19;9-6-8-5-1-2-7(8)3-4-7;1-2-4-6-5-3-1;1-2/h12-14H,3-11H2,1-2H3;6H,1-5H2;1-6H;1-2H3. The molecule has 2 heterocycles. The summed E-state index contributed by atoms with van der Waals surface area (Å²) in [5.74, 6) is 0.236. The number of likely N-dealkylation sites (tertiary alicyclic amines) is 2. The summed E-state index contributed by atoms with van der Waals surface area (Å²) < 4.78 is 40.4. The minimum Gasteiger partial charge on any atom is -0.343 e. The van der Waals surface area contributed by atoms with Crippen molar-refractivity contribution in [3.05, 3.63) is 36.4 Å². The molecule has 0 bridgehead atoms. The molecule has 2 amide bonds. The van der Waals surface area contributed by atoms with E-state index in [1.807, 2.05) is 67.1 Å². The molecule has 1 atom stereocenters. The van der Waals surface area contributed by atoms with Gasteiger partial charge in [0.15, 0.2) is 0 Å². The Hall–Kier alpha value is -2.13. The summed E-state index contributed by atoms with van der Waals surface area (Å²) in [6.45, 7) is 8.84. The molecule has 9 heteroatoms. The number of nitrogens with zero attached hydrogens (tertiary/aromatic N) is 3. The van der Waals surface area contributed by atoms with E-state index < -0.39 is 12.5 Å². The van der Waals surface area contributed by atoms with Gasteiger partial charge in [0, 0.05) is 43.7 Å². The normalized spacial score (nSPS) is 23.1. The largest absolute Gasteiger partial charge is 0.522 e. The Bertz CT molecular complexity index is 813. The van der Waals surface area contributed by atoms with E-state index in [2.05, 4.69) is 16.6 Å². The summed E-state index contributed by atoms with van der Waals surface area (Å²) in [5, 5.41) is 0. The second-order valence-corrected chi connectivity index (χ2v) is 11.1. The van der Waals surface area contributed by atoms with Crippen molar-refractivity contribution in [2.45, 2.75) is 121 Å². The molecule has 1 unspecified atom stereocenters. The van der Waals surface area contributed by atoms with E-state index in [0.29, 0.717) is 24.8 Å². The van der Waals surface area contributed by atoms with Gasteiger partial charge in [-0.1, -0.05) is 50.2 Å². The Balaban J connectivity index is 0.000000265. The van der Waals surface area contributed by atoms with Crippen molar-refractivity contribution in [2.75, 3.05) is 26.7 Å². The maximum Gasteiger partial charge on any atom is 0.522 e. The van der Waals surface area contributed by atoms with Crippen LogP contribution in [0, 0.1) is 0 Å². The minimum atomic E-state index is -4.53. The van der Waals surface area contributed by atoms with Gasteiger partial charge in [-0.3, -0.25) is 14.3 Å². The molecule has 1 aromatic rings. The number of rotatable bonds is 8. The van der Waals surface area contributed by atoms with Crippen LogP contribution in [0.5, 0.6) is 0 Å². The molecular weight excluding hydrogens is 519 g/mol. The summed E-state index contributed by atoms with van der Waals surface area (Å²) in [7, 11) is 1.95. The molecule has 2 aliphatic carbocycles. The molecule has 4 fully saturated rings. The number of hydrogen-bond acceptors (Lipinski definition) is 4. The summed E-state index contributed by atoms with van der Waals surface area (Å²) in [6, 6.07) is 12.4. The zero-order valence-corrected chi connectivity index (χ0v) is 24.9. The topological polar surface area (TPSA) is 53.1 Å². The van der Waals surface area contributed by atoms with Crippen molar-refractivity contribution in [3.63, 3.8) is 0 Å². The van der Waals surface area contributed by atoms with E-state index in [1.54, 1.807) is 0 Å². The van der Waals surface area contributed by atoms with Crippen molar-refractivity contribution in [2.24, 2.45) is 0 Å². The lowest BCUT2D eigenvalue weighted by molar-refractivity contribution is -0.354. The molecule has 5 rings (SSSR count). The Morgan fingerprint density at radius 3 is 2.00 bits per heavy atom. The maximum atomic E-state index is 12.1. The Morgan fingerprint density at radius 2 is 1.55 bits per heavy atom. The molecule has 6 nitrogen and oxygen atoms in total. The smallest absolute Gasteiger partial charge is 0.343 e. The first-order valence-corrected chi connectivity index (χ1v) is 15.1. The van der Waals surface area contributed by atoms with Crippen molar-refractivity contribution in [1.29, 1.82) is 0 Å². The maximum absolute atomic E-state index is 12.1. The number of carbonyl (C=O) groups excluding carboxylic acids is 2. The summed E-state index contributed by atoms with van der Waals surface area (Å²) in [6.07, 6.45) is 6.11. The van der Waals surface area contributed by atoms with Crippen LogP contribution in [0.3, 0.4) is 0 Å². The number of alkyl halides is 3. The van der Waals surface area contributed by atoms with Crippen LogP contribution in [-0.2, 0) is 14.3 Å². The van der Waals surface area contributed by atoms with Gasteiger partial charge in [0.1, 0.15) is 0 Å². The predicted molar refractivity (Wildman–Crippen MR) is 153 cm³/mol. The number of ether oxygens (including phenoxy) is 1. The number of benzene rings is 1. The Labute approximate surface area is 239 Å². The third-order valence-corrected chi connectivity index (χ3v) is 8.38.